The molecule has 0 aliphatic heterocycles. The molecule has 0 aliphatic rings. The summed E-state index contributed by atoms with van der Waals surface area (Å²) in [5.41, 5.74) is 1.98. The molecule has 0 saturated heterocycles. The molecular weight excluding hydrogens is 381 g/mol. The van der Waals surface area contributed by atoms with Crippen LogP contribution in [-0.2, 0) is 0 Å². The summed E-state index contributed by atoms with van der Waals surface area (Å²) in [5.74, 6) is -0.00431. The highest BCUT2D eigenvalue weighted by Gasteiger charge is 2.19. The molecule has 0 aromatic heterocycles. The van der Waals surface area contributed by atoms with Gasteiger partial charge in [-0.15, -0.1) is 0 Å². The number of carbonyl (C=O) groups is 1. The molecule has 0 aliphatic carbocycles. The number of amides is 1. The number of anilines is 1. The van der Waals surface area contributed by atoms with Crippen LogP contribution in [0, 0.1) is 10.5 Å². The van der Waals surface area contributed by atoms with E-state index in [2.05, 4.69) is 0 Å². The molecule has 0 radical (unpaired) electrons. The molecule has 0 atom stereocenters. The number of phenolic OH excluding ortho intramolecular Hbond substituents is 2. The number of phenols is 2. The van der Waals surface area contributed by atoms with Crippen LogP contribution in [0.15, 0.2) is 36.4 Å². The minimum atomic E-state index is -0.210. The molecule has 4 nitrogen and oxygen atoms in total. The Hall–Kier alpha value is -1.76. The van der Waals surface area contributed by atoms with Crippen LogP contribution in [0.2, 0.25) is 0 Å². The Labute approximate surface area is 137 Å². The zero-order valence-electron chi connectivity index (χ0n) is 11.8. The van der Waals surface area contributed by atoms with Crippen molar-refractivity contribution >= 4 is 34.2 Å². The summed E-state index contributed by atoms with van der Waals surface area (Å²) in [7, 11) is 0. The van der Waals surface area contributed by atoms with Gasteiger partial charge in [0.15, 0.2) is 0 Å². The number of aryl methyl sites for hydroxylation is 1. The molecule has 2 aromatic rings. The molecule has 0 saturated carbocycles. The first-order valence-electron chi connectivity index (χ1n) is 6.54. The zero-order chi connectivity index (χ0) is 15.6. The maximum Gasteiger partial charge on any atom is 0.258 e. The molecular formula is C16H16INO3. The van der Waals surface area contributed by atoms with Crippen molar-refractivity contribution in [3.8, 4) is 11.5 Å². The first-order chi connectivity index (χ1) is 9.93. The SMILES string of the molecule is CCN(C(=O)c1ccc(I)c(O)c1)c1cc(O)ccc1C. The summed E-state index contributed by atoms with van der Waals surface area (Å²) >= 11 is 2.00. The van der Waals surface area contributed by atoms with Crippen molar-refractivity contribution < 1.29 is 15.0 Å². The summed E-state index contributed by atoms with van der Waals surface area (Å²) in [6.07, 6.45) is 0. The van der Waals surface area contributed by atoms with Crippen molar-refractivity contribution in [3.05, 3.63) is 51.1 Å². The van der Waals surface area contributed by atoms with Gasteiger partial charge in [-0.1, -0.05) is 6.07 Å². The minimum absolute atomic E-state index is 0.0881. The van der Waals surface area contributed by atoms with Crippen molar-refractivity contribution in [3.63, 3.8) is 0 Å². The molecule has 0 heterocycles. The van der Waals surface area contributed by atoms with Gasteiger partial charge in [-0.25, -0.2) is 0 Å². The summed E-state index contributed by atoms with van der Waals surface area (Å²) in [6.45, 7) is 4.22. The van der Waals surface area contributed by atoms with Gasteiger partial charge in [0.25, 0.3) is 5.91 Å². The fourth-order valence-corrected chi connectivity index (χ4v) is 2.45. The average molecular weight is 397 g/mol. The molecule has 5 heteroatoms. The molecule has 1 amide bonds. The second-order valence-corrected chi connectivity index (χ2v) is 5.85. The third-order valence-electron chi connectivity index (χ3n) is 3.24. The first kappa shape index (κ1) is 15.6. The molecule has 21 heavy (non-hydrogen) atoms. The highest BCUT2D eigenvalue weighted by molar-refractivity contribution is 14.1. The van der Waals surface area contributed by atoms with Crippen molar-refractivity contribution in [1.29, 1.82) is 0 Å². The van der Waals surface area contributed by atoms with Crippen LogP contribution in [0.4, 0.5) is 5.69 Å². The van der Waals surface area contributed by atoms with E-state index in [0.717, 1.165) is 5.56 Å². The Bertz CT molecular complexity index is 685. The summed E-state index contributed by atoms with van der Waals surface area (Å²) in [4.78, 5) is 14.2. The van der Waals surface area contributed by atoms with Crippen molar-refractivity contribution in [2.75, 3.05) is 11.4 Å². The monoisotopic (exact) mass is 397 g/mol. The predicted octanol–water partition coefficient (Wildman–Crippen LogP) is 3.68. The van der Waals surface area contributed by atoms with Crippen molar-refractivity contribution in [1.82, 2.24) is 0 Å². The van der Waals surface area contributed by atoms with E-state index in [1.165, 1.54) is 6.07 Å². The van der Waals surface area contributed by atoms with E-state index in [-0.39, 0.29) is 17.4 Å². The number of rotatable bonds is 3. The molecule has 0 fully saturated rings. The predicted molar refractivity (Wildman–Crippen MR) is 91.0 cm³/mol. The van der Waals surface area contributed by atoms with Crippen LogP contribution >= 0.6 is 22.6 Å². The summed E-state index contributed by atoms with van der Waals surface area (Å²) in [5, 5.41) is 19.4. The molecule has 2 aromatic carbocycles. The molecule has 0 unspecified atom stereocenters. The molecule has 110 valence electrons. The van der Waals surface area contributed by atoms with Gasteiger partial charge in [-0.3, -0.25) is 4.79 Å². The zero-order valence-corrected chi connectivity index (χ0v) is 14.0. The summed E-state index contributed by atoms with van der Waals surface area (Å²) < 4.78 is 0.695. The van der Waals surface area contributed by atoms with E-state index in [1.807, 2.05) is 36.4 Å². The van der Waals surface area contributed by atoms with Crippen LogP contribution < -0.4 is 4.90 Å². The Kier molecular flexibility index (Phi) is 4.72. The lowest BCUT2D eigenvalue weighted by Crippen LogP contribution is -2.31. The molecule has 0 spiro atoms. The molecule has 2 rings (SSSR count). The first-order valence-corrected chi connectivity index (χ1v) is 7.62. The van der Waals surface area contributed by atoms with Gasteiger partial charge in [-0.05, 0) is 66.3 Å². The van der Waals surface area contributed by atoms with Gasteiger partial charge in [0.1, 0.15) is 11.5 Å². The highest BCUT2D eigenvalue weighted by Crippen LogP contribution is 2.27. The third kappa shape index (κ3) is 3.29. The van der Waals surface area contributed by atoms with Gasteiger partial charge in [0.05, 0.1) is 9.26 Å². The van der Waals surface area contributed by atoms with Crippen molar-refractivity contribution in [2.24, 2.45) is 0 Å². The minimum Gasteiger partial charge on any atom is -0.508 e. The van der Waals surface area contributed by atoms with Crippen molar-refractivity contribution in [2.45, 2.75) is 13.8 Å². The van der Waals surface area contributed by atoms with E-state index in [0.29, 0.717) is 21.4 Å². The Morgan fingerprint density at radius 3 is 2.52 bits per heavy atom. The topological polar surface area (TPSA) is 60.8 Å². The normalized spacial score (nSPS) is 10.4. The van der Waals surface area contributed by atoms with Gasteiger partial charge in [0.2, 0.25) is 0 Å². The van der Waals surface area contributed by atoms with Crippen LogP contribution in [0.1, 0.15) is 22.8 Å². The number of benzene rings is 2. The quantitative estimate of drug-likeness (QED) is 0.777. The molecule has 0 bridgehead atoms. The lowest BCUT2D eigenvalue weighted by atomic mass is 10.1. The number of carbonyl (C=O) groups excluding carboxylic acids is 1. The lowest BCUT2D eigenvalue weighted by molar-refractivity contribution is 0.0987. The molecule has 2 N–H and O–H groups in total. The number of nitrogens with zero attached hydrogens (tertiary/aromatic N) is 1. The Morgan fingerprint density at radius 2 is 1.90 bits per heavy atom. The number of hydrogen-bond donors (Lipinski definition) is 2. The van der Waals surface area contributed by atoms with Gasteiger partial charge >= 0.3 is 0 Å². The van der Waals surface area contributed by atoms with Gasteiger partial charge < -0.3 is 15.1 Å². The third-order valence-corrected chi connectivity index (χ3v) is 4.15. The number of halogens is 1. The van der Waals surface area contributed by atoms with E-state index in [4.69, 9.17) is 0 Å². The smallest absolute Gasteiger partial charge is 0.258 e. The number of aromatic hydroxyl groups is 2. The second kappa shape index (κ2) is 6.34. The van der Waals surface area contributed by atoms with E-state index < -0.39 is 0 Å². The van der Waals surface area contributed by atoms with Crippen LogP contribution in [-0.4, -0.2) is 22.7 Å². The van der Waals surface area contributed by atoms with E-state index >= 15 is 0 Å². The fourth-order valence-electron chi connectivity index (χ4n) is 2.11. The second-order valence-electron chi connectivity index (χ2n) is 4.69. The maximum atomic E-state index is 12.6. The largest absolute Gasteiger partial charge is 0.508 e. The van der Waals surface area contributed by atoms with E-state index in [9.17, 15) is 15.0 Å². The van der Waals surface area contributed by atoms with Gasteiger partial charge in [-0.2, -0.15) is 0 Å². The summed E-state index contributed by atoms with van der Waals surface area (Å²) in [6, 6.07) is 9.78. The standard InChI is InChI=1S/C16H16INO3/c1-3-18(14-9-12(19)6-4-10(14)2)16(21)11-5-7-13(17)15(20)8-11/h4-9,19-20H,3H2,1-2H3. The highest BCUT2D eigenvalue weighted by atomic mass is 127. The average Bonchev–Trinajstić information content (AvgIpc) is 2.46. The van der Waals surface area contributed by atoms with Crippen LogP contribution in [0.5, 0.6) is 11.5 Å². The number of hydrogen-bond acceptors (Lipinski definition) is 3. The van der Waals surface area contributed by atoms with Crippen LogP contribution in [0.3, 0.4) is 0 Å². The van der Waals surface area contributed by atoms with Crippen LogP contribution in [0.25, 0.3) is 0 Å². The Balaban J connectivity index is 2.43. The van der Waals surface area contributed by atoms with Gasteiger partial charge in [0, 0.05) is 18.2 Å². The maximum absolute atomic E-state index is 12.6. The Morgan fingerprint density at radius 1 is 1.19 bits per heavy atom. The fraction of sp³-hybridized carbons (Fsp3) is 0.188. The lowest BCUT2D eigenvalue weighted by Gasteiger charge is -2.23. The van der Waals surface area contributed by atoms with E-state index in [1.54, 1.807) is 35.2 Å².